The molecule has 1 heterocycles. The van der Waals surface area contributed by atoms with E-state index >= 15 is 0 Å². The zero-order valence-electron chi connectivity index (χ0n) is 13.9. The zero-order valence-corrected chi connectivity index (χ0v) is 14.8. The maximum atomic E-state index is 12.6. The molecule has 0 saturated carbocycles. The molecule has 0 aliphatic carbocycles. The number of nitrogens with zero attached hydrogens (tertiary/aromatic N) is 1. The smallest absolute Gasteiger partial charge is 0.328 e. The third-order valence-corrected chi connectivity index (χ3v) is 5.71. The number of hydrogen-bond acceptors (Lipinski definition) is 4. The van der Waals surface area contributed by atoms with Crippen LogP contribution in [0.2, 0.25) is 0 Å². The predicted molar refractivity (Wildman–Crippen MR) is 90.3 cm³/mol. The first-order chi connectivity index (χ1) is 11.0. The maximum Gasteiger partial charge on any atom is 0.335 e. The predicted octanol–water partition coefficient (Wildman–Crippen LogP) is 3.61. The summed E-state index contributed by atoms with van der Waals surface area (Å²) in [4.78, 5) is 14.4. The van der Waals surface area contributed by atoms with E-state index in [-0.39, 0.29) is 18.1 Å². The second kappa shape index (κ2) is 7.91. The van der Waals surface area contributed by atoms with Crippen LogP contribution in [0.4, 0.5) is 0 Å². The van der Waals surface area contributed by atoms with Gasteiger partial charge in [0.25, 0.3) is 5.91 Å². The van der Waals surface area contributed by atoms with E-state index in [1.807, 2.05) is 43.3 Å². The van der Waals surface area contributed by atoms with Crippen LogP contribution in [0.1, 0.15) is 26.3 Å². The van der Waals surface area contributed by atoms with Gasteiger partial charge in [-0.3, -0.25) is 9.36 Å². The number of carbonyl (C=O) groups is 1. The normalized spacial score (nSPS) is 18.4. The highest BCUT2D eigenvalue weighted by Gasteiger charge is 2.35. The Kier molecular flexibility index (Phi) is 6.17. The minimum Gasteiger partial charge on any atom is -0.328 e. The molecule has 0 N–H and O–H groups in total. The van der Waals surface area contributed by atoms with Gasteiger partial charge in [0.1, 0.15) is 0 Å². The number of carbonyl (C=O) groups excluding carboxylic acids is 1. The Balaban J connectivity index is 2.09. The summed E-state index contributed by atoms with van der Waals surface area (Å²) in [7, 11) is -3.26. The van der Waals surface area contributed by atoms with Gasteiger partial charge in [-0.1, -0.05) is 36.4 Å². The van der Waals surface area contributed by atoms with Crippen molar-refractivity contribution in [2.24, 2.45) is 0 Å². The molecule has 1 aliphatic rings. The van der Waals surface area contributed by atoms with Crippen molar-refractivity contribution in [3.63, 3.8) is 0 Å². The molecule has 1 aliphatic heterocycles. The van der Waals surface area contributed by atoms with E-state index in [0.717, 1.165) is 5.56 Å². The monoisotopic (exact) mass is 337 g/mol. The van der Waals surface area contributed by atoms with E-state index in [1.54, 1.807) is 18.7 Å². The van der Waals surface area contributed by atoms with E-state index in [9.17, 15) is 9.36 Å². The molecular formula is C17H24NO4P. The molecule has 0 bridgehead atoms. The average molecular weight is 337 g/mol. The zero-order chi connectivity index (χ0) is 16.9. The molecule has 5 nitrogen and oxygen atoms in total. The lowest BCUT2D eigenvalue weighted by Crippen LogP contribution is -2.32. The van der Waals surface area contributed by atoms with Gasteiger partial charge < -0.3 is 13.9 Å². The summed E-state index contributed by atoms with van der Waals surface area (Å²) in [6, 6.07) is 9.80. The molecule has 0 spiro atoms. The minimum atomic E-state index is -3.26. The number of hydrogen-bond donors (Lipinski definition) is 0. The van der Waals surface area contributed by atoms with Crippen molar-refractivity contribution < 1.29 is 18.4 Å². The first-order valence-electron chi connectivity index (χ1n) is 7.92. The van der Waals surface area contributed by atoms with Crippen LogP contribution in [-0.2, 0) is 25.0 Å². The van der Waals surface area contributed by atoms with Gasteiger partial charge in [0, 0.05) is 18.2 Å². The molecule has 1 atom stereocenters. The van der Waals surface area contributed by atoms with Gasteiger partial charge in [-0.2, -0.15) is 0 Å². The minimum absolute atomic E-state index is 0.0309. The van der Waals surface area contributed by atoms with Gasteiger partial charge in [-0.15, -0.1) is 0 Å². The average Bonchev–Trinajstić information content (AvgIpc) is 2.76. The van der Waals surface area contributed by atoms with Gasteiger partial charge in [0.05, 0.1) is 19.4 Å². The van der Waals surface area contributed by atoms with Crippen molar-refractivity contribution in [3.8, 4) is 0 Å². The molecule has 1 unspecified atom stereocenters. The fourth-order valence-corrected chi connectivity index (χ4v) is 4.37. The molecule has 1 aromatic rings. The van der Waals surface area contributed by atoms with Crippen molar-refractivity contribution in [1.82, 2.24) is 4.90 Å². The van der Waals surface area contributed by atoms with Gasteiger partial charge in [-0.05, 0) is 26.3 Å². The number of rotatable bonds is 8. The Hall–Kier alpha value is -1.42. The third kappa shape index (κ3) is 4.54. The van der Waals surface area contributed by atoms with Crippen LogP contribution in [0.5, 0.6) is 0 Å². The first-order valence-corrected chi connectivity index (χ1v) is 9.65. The third-order valence-electron chi connectivity index (χ3n) is 3.68. The summed E-state index contributed by atoms with van der Waals surface area (Å²) < 4.78 is 23.2. The van der Waals surface area contributed by atoms with Crippen LogP contribution in [0.3, 0.4) is 0 Å². The molecule has 2 rings (SSSR count). The van der Waals surface area contributed by atoms with Crippen molar-refractivity contribution in [2.45, 2.75) is 33.4 Å². The molecule has 126 valence electrons. The Morgan fingerprint density at radius 1 is 1.13 bits per heavy atom. The standard InChI is InChI=1S/C17H24NO4P/c1-4-21-23(20,22-5-2)13-16-11-14(3)18(17(16)19)12-15-9-7-6-8-10-15/h6-11,14H,4-5,12-13H2,1-3H3. The fourth-order valence-electron chi connectivity index (χ4n) is 2.67. The topological polar surface area (TPSA) is 55.8 Å². The summed E-state index contributed by atoms with van der Waals surface area (Å²) in [5, 5.41) is 0. The lowest BCUT2D eigenvalue weighted by molar-refractivity contribution is -0.127. The molecule has 6 heteroatoms. The number of benzene rings is 1. The molecule has 23 heavy (non-hydrogen) atoms. The van der Waals surface area contributed by atoms with Crippen LogP contribution in [0.25, 0.3) is 0 Å². The molecule has 0 radical (unpaired) electrons. The van der Waals surface area contributed by atoms with E-state index in [0.29, 0.717) is 25.3 Å². The summed E-state index contributed by atoms with van der Waals surface area (Å²) in [5.41, 5.74) is 1.58. The van der Waals surface area contributed by atoms with E-state index < -0.39 is 7.60 Å². The second-order valence-corrected chi connectivity index (χ2v) is 7.51. The Morgan fingerprint density at radius 2 is 1.74 bits per heavy atom. The van der Waals surface area contributed by atoms with Crippen molar-refractivity contribution in [3.05, 3.63) is 47.5 Å². The summed E-state index contributed by atoms with van der Waals surface area (Å²) in [6.07, 6.45) is 1.89. The SMILES string of the molecule is CCOP(=O)(CC1=CC(C)N(Cc2ccccc2)C1=O)OCC. The largest absolute Gasteiger partial charge is 0.335 e. The van der Waals surface area contributed by atoms with Gasteiger partial charge in [-0.25, -0.2) is 0 Å². The van der Waals surface area contributed by atoms with E-state index in [2.05, 4.69) is 0 Å². The van der Waals surface area contributed by atoms with Crippen LogP contribution in [0, 0.1) is 0 Å². The van der Waals surface area contributed by atoms with Gasteiger partial charge >= 0.3 is 7.60 Å². The highest BCUT2D eigenvalue weighted by molar-refractivity contribution is 7.54. The van der Waals surface area contributed by atoms with Crippen molar-refractivity contribution in [1.29, 1.82) is 0 Å². The molecular weight excluding hydrogens is 313 g/mol. The molecule has 0 fully saturated rings. The van der Waals surface area contributed by atoms with Crippen molar-refractivity contribution >= 4 is 13.5 Å². The summed E-state index contributed by atoms with van der Waals surface area (Å²) >= 11 is 0. The Bertz CT molecular complexity index is 604. The maximum absolute atomic E-state index is 12.6. The molecule has 0 saturated heterocycles. The molecule has 1 aromatic carbocycles. The lowest BCUT2D eigenvalue weighted by atomic mass is 10.2. The Morgan fingerprint density at radius 3 is 2.30 bits per heavy atom. The quantitative estimate of drug-likeness (QED) is 0.680. The van der Waals surface area contributed by atoms with Crippen LogP contribution >= 0.6 is 7.60 Å². The van der Waals surface area contributed by atoms with Crippen LogP contribution in [-0.4, -0.2) is 36.2 Å². The van der Waals surface area contributed by atoms with Gasteiger partial charge in [0.2, 0.25) is 0 Å². The van der Waals surface area contributed by atoms with Crippen LogP contribution < -0.4 is 0 Å². The first kappa shape index (κ1) is 17.9. The van der Waals surface area contributed by atoms with Crippen LogP contribution in [0.15, 0.2) is 42.0 Å². The van der Waals surface area contributed by atoms with E-state index in [1.165, 1.54) is 0 Å². The number of amides is 1. The Labute approximate surface area is 137 Å². The molecule has 1 amide bonds. The summed E-state index contributed by atoms with van der Waals surface area (Å²) in [6.45, 7) is 6.61. The highest BCUT2D eigenvalue weighted by atomic mass is 31.2. The van der Waals surface area contributed by atoms with Gasteiger partial charge in [0.15, 0.2) is 0 Å². The molecule has 0 aromatic heterocycles. The fraction of sp³-hybridized carbons (Fsp3) is 0.471. The lowest BCUT2D eigenvalue weighted by Gasteiger charge is -2.22. The van der Waals surface area contributed by atoms with Crippen molar-refractivity contribution in [2.75, 3.05) is 19.4 Å². The summed E-state index contributed by atoms with van der Waals surface area (Å²) in [5.74, 6) is -0.0963. The highest BCUT2D eigenvalue weighted by Crippen LogP contribution is 2.50. The second-order valence-electron chi connectivity index (χ2n) is 5.46. The van der Waals surface area contributed by atoms with E-state index in [4.69, 9.17) is 9.05 Å².